The maximum absolute atomic E-state index is 12.6. The minimum atomic E-state index is -0.479. The first-order valence-corrected chi connectivity index (χ1v) is 10.8. The second-order valence-electron chi connectivity index (χ2n) is 6.91. The van der Waals surface area contributed by atoms with Crippen molar-refractivity contribution in [3.63, 3.8) is 0 Å². The van der Waals surface area contributed by atoms with Gasteiger partial charge in [-0.2, -0.15) is 4.99 Å². The van der Waals surface area contributed by atoms with Crippen LogP contribution in [0.3, 0.4) is 0 Å². The number of nitrogens with zero attached hydrogens (tertiary/aromatic N) is 2. The lowest BCUT2D eigenvalue weighted by molar-refractivity contribution is -0.141. The first-order chi connectivity index (χ1) is 16.0. The quantitative estimate of drug-likeness (QED) is 0.404. The van der Waals surface area contributed by atoms with E-state index in [0.29, 0.717) is 46.5 Å². The van der Waals surface area contributed by atoms with Gasteiger partial charge in [-0.3, -0.25) is 9.59 Å². The van der Waals surface area contributed by atoms with Crippen molar-refractivity contribution >= 4 is 39.5 Å². The number of rotatable bonds is 6. The Kier molecular flexibility index (Phi) is 6.64. The van der Waals surface area contributed by atoms with Gasteiger partial charge < -0.3 is 28.3 Å². The molecule has 0 saturated heterocycles. The summed E-state index contributed by atoms with van der Waals surface area (Å²) in [5.74, 6) is 1.41. The SMILES string of the molecule is COC(=O)Cn1c(=NC(=O)/C=C\c2ccc(OC)c(OC)c2)sc2cc3c(cc21)OCCO3. The molecule has 1 aromatic heterocycles. The Balaban J connectivity index is 1.70. The Morgan fingerprint density at radius 2 is 1.79 bits per heavy atom. The molecule has 172 valence electrons. The molecule has 0 unspecified atom stereocenters. The summed E-state index contributed by atoms with van der Waals surface area (Å²) < 4.78 is 29.1. The molecule has 2 aromatic carbocycles. The van der Waals surface area contributed by atoms with Gasteiger partial charge in [-0.1, -0.05) is 17.4 Å². The summed E-state index contributed by atoms with van der Waals surface area (Å²) in [4.78, 5) is 29.2. The second kappa shape index (κ2) is 9.78. The Morgan fingerprint density at radius 1 is 1.06 bits per heavy atom. The molecule has 1 amide bonds. The molecule has 4 rings (SSSR count). The number of thiazole rings is 1. The molecule has 33 heavy (non-hydrogen) atoms. The van der Waals surface area contributed by atoms with Crippen molar-refractivity contribution in [3.8, 4) is 23.0 Å². The lowest BCUT2D eigenvalue weighted by Gasteiger charge is -2.18. The lowest BCUT2D eigenvalue weighted by atomic mass is 10.2. The van der Waals surface area contributed by atoms with Crippen molar-refractivity contribution < 1.29 is 33.3 Å². The normalized spacial score (nSPS) is 13.4. The van der Waals surface area contributed by atoms with Crippen molar-refractivity contribution in [3.05, 3.63) is 46.8 Å². The maximum Gasteiger partial charge on any atom is 0.325 e. The second-order valence-corrected chi connectivity index (χ2v) is 7.92. The number of hydrogen-bond acceptors (Lipinski definition) is 8. The highest BCUT2D eigenvalue weighted by atomic mass is 32.1. The van der Waals surface area contributed by atoms with E-state index in [0.717, 1.165) is 10.3 Å². The Morgan fingerprint density at radius 3 is 2.48 bits per heavy atom. The summed E-state index contributed by atoms with van der Waals surface area (Å²) in [5.41, 5.74) is 1.45. The van der Waals surface area contributed by atoms with E-state index in [1.54, 1.807) is 49.1 Å². The zero-order valence-electron chi connectivity index (χ0n) is 18.3. The van der Waals surface area contributed by atoms with Gasteiger partial charge in [-0.25, -0.2) is 0 Å². The van der Waals surface area contributed by atoms with Gasteiger partial charge in [0.1, 0.15) is 19.8 Å². The molecule has 0 fully saturated rings. The van der Waals surface area contributed by atoms with E-state index >= 15 is 0 Å². The molecule has 0 saturated carbocycles. The molecule has 1 aliphatic heterocycles. The van der Waals surface area contributed by atoms with Crippen LogP contribution in [0, 0.1) is 0 Å². The van der Waals surface area contributed by atoms with E-state index in [2.05, 4.69) is 4.99 Å². The smallest absolute Gasteiger partial charge is 0.325 e. The topological polar surface area (TPSA) is 97.6 Å². The third-order valence-electron chi connectivity index (χ3n) is 4.89. The average molecular weight is 471 g/mol. The molecule has 0 bridgehead atoms. The van der Waals surface area contributed by atoms with Crippen LogP contribution < -0.4 is 23.7 Å². The summed E-state index contributed by atoms with van der Waals surface area (Å²) in [6, 6.07) is 8.91. The number of hydrogen-bond donors (Lipinski definition) is 0. The van der Waals surface area contributed by atoms with Crippen molar-refractivity contribution in [1.29, 1.82) is 0 Å². The monoisotopic (exact) mass is 470 g/mol. The van der Waals surface area contributed by atoms with E-state index in [4.69, 9.17) is 23.7 Å². The summed E-state index contributed by atoms with van der Waals surface area (Å²) in [6.07, 6.45) is 2.98. The van der Waals surface area contributed by atoms with Crippen LogP contribution in [0.4, 0.5) is 0 Å². The van der Waals surface area contributed by atoms with Crippen LogP contribution in [0.5, 0.6) is 23.0 Å². The van der Waals surface area contributed by atoms with Gasteiger partial charge in [0.25, 0.3) is 5.91 Å². The van der Waals surface area contributed by atoms with Crippen LogP contribution in [0.1, 0.15) is 5.56 Å². The highest BCUT2D eigenvalue weighted by Crippen LogP contribution is 2.35. The summed E-state index contributed by atoms with van der Waals surface area (Å²) >= 11 is 1.27. The molecular formula is C23H22N2O7S. The van der Waals surface area contributed by atoms with Crippen LogP contribution in [0.2, 0.25) is 0 Å². The van der Waals surface area contributed by atoms with Crippen LogP contribution in [-0.4, -0.2) is 51.0 Å². The number of ether oxygens (including phenoxy) is 5. The van der Waals surface area contributed by atoms with Crippen molar-refractivity contribution in [2.75, 3.05) is 34.5 Å². The van der Waals surface area contributed by atoms with Gasteiger partial charge >= 0.3 is 5.97 Å². The fourth-order valence-electron chi connectivity index (χ4n) is 3.29. The Bertz CT molecular complexity index is 1310. The highest BCUT2D eigenvalue weighted by molar-refractivity contribution is 7.16. The highest BCUT2D eigenvalue weighted by Gasteiger charge is 2.18. The van der Waals surface area contributed by atoms with E-state index in [1.807, 2.05) is 6.07 Å². The van der Waals surface area contributed by atoms with Gasteiger partial charge in [-0.05, 0) is 23.8 Å². The van der Waals surface area contributed by atoms with Gasteiger partial charge in [0.2, 0.25) is 0 Å². The van der Waals surface area contributed by atoms with Crippen molar-refractivity contribution in [2.24, 2.45) is 4.99 Å². The molecule has 0 radical (unpaired) electrons. The Labute approximate surface area is 193 Å². The molecule has 0 atom stereocenters. The van der Waals surface area contributed by atoms with Gasteiger partial charge in [0, 0.05) is 18.2 Å². The third kappa shape index (κ3) is 4.85. The number of carbonyl (C=O) groups excluding carboxylic acids is 2. The summed E-state index contributed by atoms with van der Waals surface area (Å²) in [6.45, 7) is 0.806. The zero-order chi connectivity index (χ0) is 23.4. The molecule has 9 nitrogen and oxygen atoms in total. The molecule has 2 heterocycles. The molecular weight excluding hydrogens is 448 g/mol. The number of aromatic nitrogens is 1. The molecule has 0 aliphatic carbocycles. The third-order valence-corrected chi connectivity index (χ3v) is 5.93. The fourth-order valence-corrected chi connectivity index (χ4v) is 4.34. The number of fused-ring (bicyclic) bond motifs is 2. The standard InChI is InChI=1S/C23H22N2O7S/c1-28-16-6-4-14(10-17(16)29-2)5-7-21(26)24-23-25(13-22(27)30-3)15-11-18-19(12-20(15)33-23)32-9-8-31-18/h4-7,10-12H,8-9,13H2,1-3H3/b7-5-,24-23?. The fraction of sp³-hybridized carbons (Fsp3) is 0.261. The Hall–Kier alpha value is -3.79. The predicted octanol–water partition coefficient (Wildman–Crippen LogP) is 2.80. The number of methoxy groups -OCH3 is 3. The lowest BCUT2D eigenvalue weighted by Crippen LogP contribution is -2.22. The number of benzene rings is 2. The van der Waals surface area contributed by atoms with Gasteiger partial charge in [0.15, 0.2) is 27.8 Å². The van der Waals surface area contributed by atoms with E-state index in [9.17, 15) is 9.59 Å². The van der Waals surface area contributed by atoms with Gasteiger partial charge in [0.05, 0.1) is 31.5 Å². The molecule has 1 aliphatic rings. The predicted molar refractivity (Wildman–Crippen MR) is 122 cm³/mol. The molecule has 10 heteroatoms. The molecule has 0 N–H and O–H groups in total. The van der Waals surface area contributed by atoms with Crippen LogP contribution in [0.25, 0.3) is 16.3 Å². The minimum absolute atomic E-state index is 0.0956. The van der Waals surface area contributed by atoms with E-state index < -0.39 is 11.9 Å². The average Bonchev–Trinajstić information content (AvgIpc) is 3.16. The van der Waals surface area contributed by atoms with Gasteiger partial charge in [-0.15, -0.1) is 0 Å². The number of amides is 1. The van der Waals surface area contributed by atoms with Crippen molar-refractivity contribution in [2.45, 2.75) is 6.54 Å². The summed E-state index contributed by atoms with van der Waals surface area (Å²) in [7, 11) is 4.41. The number of carbonyl (C=O) groups is 2. The molecule has 3 aromatic rings. The maximum atomic E-state index is 12.6. The molecule has 0 spiro atoms. The van der Waals surface area contributed by atoms with E-state index in [-0.39, 0.29) is 6.54 Å². The van der Waals surface area contributed by atoms with Crippen molar-refractivity contribution in [1.82, 2.24) is 4.57 Å². The minimum Gasteiger partial charge on any atom is -0.493 e. The zero-order valence-corrected chi connectivity index (χ0v) is 19.1. The largest absolute Gasteiger partial charge is 0.493 e. The first kappa shape index (κ1) is 22.4. The first-order valence-electron chi connectivity index (χ1n) is 10.0. The van der Waals surface area contributed by atoms with Crippen LogP contribution in [0.15, 0.2) is 41.4 Å². The summed E-state index contributed by atoms with van der Waals surface area (Å²) in [5, 5.41) is 0. The van der Waals surface area contributed by atoms with Crippen LogP contribution in [-0.2, 0) is 20.9 Å². The number of esters is 1. The van der Waals surface area contributed by atoms with Crippen LogP contribution >= 0.6 is 11.3 Å². The van der Waals surface area contributed by atoms with E-state index in [1.165, 1.54) is 24.5 Å².